The van der Waals surface area contributed by atoms with Gasteiger partial charge in [0.15, 0.2) is 0 Å². The number of pyridine rings is 1. The van der Waals surface area contributed by atoms with Gasteiger partial charge in [-0.15, -0.1) is 0 Å². The van der Waals surface area contributed by atoms with Crippen LogP contribution < -0.4 is 10.1 Å². The number of hydrogen-bond acceptors (Lipinski definition) is 3. The molecule has 1 aromatic heterocycles. The Balaban J connectivity index is 1.79. The number of nitrogens with zero attached hydrogens (tertiary/aromatic N) is 1. The molecule has 0 spiro atoms. The minimum absolute atomic E-state index is 0.625. The Bertz CT molecular complexity index is 735. The van der Waals surface area contributed by atoms with E-state index >= 15 is 0 Å². The number of fused-ring (bicyclic) bond motifs is 1. The van der Waals surface area contributed by atoms with E-state index in [1.54, 1.807) is 0 Å². The normalized spacial score (nSPS) is 10.5. The van der Waals surface area contributed by atoms with Gasteiger partial charge in [0.05, 0.1) is 6.61 Å². The maximum atomic E-state index is 5.42. The zero-order chi connectivity index (χ0) is 14.5. The van der Waals surface area contributed by atoms with E-state index in [4.69, 9.17) is 4.74 Å². The van der Waals surface area contributed by atoms with Gasteiger partial charge in [-0.05, 0) is 29.3 Å². The van der Waals surface area contributed by atoms with Crippen LogP contribution in [0.3, 0.4) is 0 Å². The molecule has 0 radical (unpaired) electrons. The smallest absolute Gasteiger partial charge is 0.215 e. The van der Waals surface area contributed by atoms with Gasteiger partial charge in [-0.2, -0.15) is 4.98 Å². The van der Waals surface area contributed by atoms with Gasteiger partial charge >= 0.3 is 0 Å². The number of ether oxygens (including phenoxy) is 1. The monoisotopic (exact) mass is 278 g/mol. The van der Waals surface area contributed by atoms with Crippen LogP contribution in [0.1, 0.15) is 12.5 Å². The Morgan fingerprint density at radius 3 is 2.67 bits per heavy atom. The lowest BCUT2D eigenvalue weighted by Gasteiger charge is -2.10. The van der Waals surface area contributed by atoms with Crippen molar-refractivity contribution < 1.29 is 4.74 Å². The topological polar surface area (TPSA) is 34.1 Å². The fraction of sp³-hybridized carbons (Fsp3) is 0.167. The molecule has 3 heteroatoms. The van der Waals surface area contributed by atoms with Crippen LogP contribution in [0.4, 0.5) is 5.82 Å². The number of rotatable bonds is 5. The molecule has 1 heterocycles. The molecule has 0 saturated carbocycles. The predicted octanol–water partition coefficient (Wildman–Crippen LogP) is 4.25. The van der Waals surface area contributed by atoms with Crippen molar-refractivity contribution >= 4 is 16.6 Å². The second-order valence-corrected chi connectivity index (χ2v) is 4.79. The minimum Gasteiger partial charge on any atom is -0.478 e. The molecule has 3 rings (SSSR count). The van der Waals surface area contributed by atoms with Gasteiger partial charge in [0.25, 0.3) is 0 Å². The van der Waals surface area contributed by atoms with Gasteiger partial charge in [-0.1, -0.05) is 48.5 Å². The first-order valence-corrected chi connectivity index (χ1v) is 7.17. The molecule has 0 atom stereocenters. The van der Waals surface area contributed by atoms with Crippen LogP contribution in [0.15, 0.2) is 60.7 Å². The quantitative estimate of drug-likeness (QED) is 0.757. The summed E-state index contributed by atoms with van der Waals surface area (Å²) in [6, 6.07) is 20.5. The molecule has 0 unspecified atom stereocenters. The molecule has 106 valence electrons. The van der Waals surface area contributed by atoms with Crippen LogP contribution in [0.25, 0.3) is 10.8 Å². The molecule has 21 heavy (non-hydrogen) atoms. The van der Waals surface area contributed by atoms with Crippen molar-refractivity contribution in [2.24, 2.45) is 0 Å². The van der Waals surface area contributed by atoms with E-state index in [1.807, 2.05) is 25.1 Å². The largest absolute Gasteiger partial charge is 0.478 e. The van der Waals surface area contributed by atoms with Crippen molar-refractivity contribution in [2.45, 2.75) is 13.5 Å². The van der Waals surface area contributed by atoms with Crippen LogP contribution in [-0.2, 0) is 6.54 Å². The van der Waals surface area contributed by atoms with Crippen LogP contribution in [0.5, 0.6) is 5.88 Å². The molecule has 3 nitrogen and oxygen atoms in total. The van der Waals surface area contributed by atoms with Gasteiger partial charge in [0, 0.05) is 12.6 Å². The highest BCUT2D eigenvalue weighted by atomic mass is 16.5. The molecule has 0 aliphatic rings. The minimum atomic E-state index is 0.625. The molecule has 0 fully saturated rings. The molecule has 0 aliphatic carbocycles. The predicted molar refractivity (Wildman–Crippen MR) is 86.7 cm³/mol. The number of anilines is 1. The van der Waals surface area contributed by atoms with E-state index in [9.17, 15) is 0 Å². The molecule has 0 amide bonds. The lowest BCUT2D eigenvalue weighted by atomic mass is 10.0. The first-order valence-electron chi connectivity index (χ1n) is 7.17. The highest BCUT2D eigenvalue weighted by Crippen LogP contribution is 2.20. The van der Waals surface area contributed by atoms with E-state index < -0.39 is 0 Å². The lowest BCUT2D eigenvalue weighted by Crippen LogP contribution is -2.03. The maximum absolute atomic E-state index is 5.42. The van der Waals surface area contributed by atoms with Gasteiger partial charge in [0.2, 0.25) is 5.88 Å². The number of hydrogen-bond donors (Lipinski definition) is 1. The lowest BCUT2D eigenvalue weighted by molar-refractivity contribution is 0.327. The van der Waals surface area contributed by atoms with Crippen molar-refractivity contribution in [3.05, 3.63) is 66.2 Å². The summed E-state index contributed by atoms with van der Waals surface area (Å²) in [5.74, 6) is 1.48. The summed E-state index contributed by atoms with van der Waals surface area (Å²) in [5.41, 5.74) is 1.26. The van der Waals surface area contributed by atoms with Gasteiger partial charge in [0.1, 0.15) is 5.82 Å². The standard InChI is InChI=1S/C18H18N2O/c1-2-21-18-12-6-11-17(20-18)19-13-15-9-5-8-14-7-3-4-10-16(14)15/h3-12H,2,13H2,1H3,(H,19,20). The summed E-state index contributed by atoms with van der Waals surface area (Å²) in [6.45, 7) is 3.32. The SMILES string of the molecule is CCOc1cccc(NCc2cccc3ccccc23)n1. The summed E-state index contributed by atoms with van der Waals surface area (Å²) in [4.78, 5) is 4.42. The fourth-order valence-electron chi connectivity index (χ4n) is 2.37. The summed E-state index contributed by atoms with van der Waals surface area (Å²) in [6.07, 6.45) is 0. The van der Waals surface area contributed by atoms with Crippen LogP contribution in [0, 0.1) is 0 Å². The van der Waals surface area contributed by atoms with E-state index in [0.717, 1.165) is 12.4 Å². The Hall–Kier alpha value is -2.55. The van der Waals surface area contributed by atoms with E-state index in [-0.39, 0.29) is 0 Å². The van der Waals surface area contributed by atoms with Crippen LogP contribution in [0.2, 0.25) is 0 Å². The van der Waals surface area contributed by atoms with Crippen molar-refractivity contribution in [3.63, 3.8) is 0 Å². The Morgan fingerprint density at radius 2 is 1.76 bits per heavy atom. The molecule has 0 bridgehead atoms. The second kappa shape index (κ2) is 6.27. The first kappa shape index (κ1) is 13.4. The third-order valence-electron chi connectivity index (χ3n) is 3.36. The maximum Gasteiger partial charge on any atom is 0.215 e. The molecule has 1 N–H and O–H groups in total. The third kappa shape index (κ3) is 3.14. The highest BCUT2D eigenvalue weighted by Gasteiger charge is 2.02. The molecule has 0 aliphatic heterocycles. The molecule has 3 aromatic rings. The summed E-state index contributed by atoms with van der Waals surface area (Å²) >= 11 is 0. The number of aromatic nitrogens is 1. The van der Waals surface area contributed by atoms with Crippen LogP contribution >= 0.6 is 0 Å². The summed E-state index contributed by atoms with van der Waals surface area (Å²) in [7, 11) is 0. The fourth-order valence-corrected chi connectivity index (χ4v) is 2.37. The average Bonchev–Trinajstić information content (AvgIpc) is 2.53. The second-order valence-electron chi connectivity index (χ2n) is 4.79. The van der Waals surface area contributed by atoms with Crippen molar-refractivity contribution in [3.8, 4) is 5.88 Å². The van der Waals surface area contributed by atoms with Crippen molar-refractivity contribution in [1.29, 1.82) is 0 Å². The zero-order valence-corrected chi connectivity index (χ0v) is 12.0. The van der Waals surface area contributed by atoms with Gasteiger partial charge in [-0.3, -0.25) is 0 Å². The van der Waals surface area contributed by atoms with E-state index in [0.29, 0.717) is 12.5 Å². The van der Waals surface area contributed by atoms with Crippen molar-refractivity contribution in [1.82, 2.24) is 4.98 Å². The molecular formula is C18H18N2O. The third-order valence-corrected chi connectivity index (χ3v) is 3.36. The van der Waals surface area contributed by atoms with Crippen LogP contribution in [-0.4, -0.2) is 11.6 Å². The van der Waals surface area contributed by atoms with Gasteiger partial charge in [-0.25, -0.2) is 0 Å². The Kier molecular flexibility index (Phi) is 4.01. The number of nitrogens with one attached hydrogen (secondary N) is 1. The summed E-state index contributed by atoms with van der Waals surface area (Å²) < 4.78 is 5.42. The van der Waals surface area contributed by atoms with Crippen molar-refractivity contribution in [2.75, 3.05) is 11.9 Å². The van der Waals surface area contributed by atoms with E-state index in [2.05, 4.69) is 52.8 Å². The Labute approximate surface area is 124 Å². The van der Waals surface area contributed by atoms with E-state index in [1.165, 1.54) is 16.3 Å². The molecule has 0 saturated heterocycles. The average molecular weight is 278 g/mol. The molecular weight excluding hydrogens is 260 g/mol. The Morgan fingerprint density at radius 1 is 0.952 bits per heavy atom. The highest BCUT2D eigenvalue weighted by molar-refractivity contribution is 5.85. The molecule has 2 aromatic carbocycles. The van der Waals surface area contributed by atoms with Gasteiger partial charge < -0.3 is 10.1 Å². The zero-order valence-electron chi connectivity index (χ0n) is 12.0. The number of benzene rings is 2. The first-order chi connectivity index (χ1) is 10.4. The summed E-state index contributed by atoms with van der Waals surface area (Å²) in [5, 5.41) is 5.89.